The molecule has 0 bridgehead atoms. The third-order valence-electron chi connectivity index (χ3n) is 6.46. The summed E-state index contributed by atoms with van der Waals surface area (Å²) in [6.45, 7) is 4.96. The number of fused-ring (bicyclic) bond motifs is 3. The number of amides is 1. The number of benzene rings is 1. The van der Waals surface area contributed by atoms with Crippen molar-refractivity contribution in [2.24, 2.45) is 12.8 Å². The molecule has 1 amide bonds. The van der Waals surface area contributed by atoms with Crippen LogP contribution < -0.4 is 5.73 Å². The average Bonchev–Trinajstić information content (AvgIpc) is 3.38. The van der Waals surface area contributed by atoms with Gasteiger partial charge in [-0.2, -0.15) is 0 Å². The lowest BCUT2D eigenvalue weighted by atomic mass is 9.75. The van der Waals surface area contributed by atoms with Crippen LogP contribution in [0.1, 0.15) is 41.5 Å². The first-order chi connectivity index (χ1) is 14.4. The molecular weight excluding hydrogens is 385 g/mol. The number of halogens is 1. The molecule has 0 unspecified atom stereocenters. The van der Waals surface area contributed by atoms with Crippen LogP contribution in [0.4, 0.5) is 4.39 Å². The van der Waals surface area contributed by atoms with E-state index in [2.05, 4.69) is 31.5 Å². The first-order valence-electron chi connectivity index (χ1n) is 10.0. The van der Waals surface area contributed by atoms with Gasteiger partial charge in [0.2, 0.25) is 0 Å². The number of carbonyl (C=O) groups excluding carboxylic acids is 1. The van der Waals surface area contributed by atoms with Gasteiger partial charge in [0.15, 0.2) is 5.65 Å². The van der Waals surface area contributed by atoms with E-state index in [0.717, 1.165) is 55.6 Å². The maximum absolute atomic E-state index is 14.0. The third kappa shape index (κ3) is 2.88. The predicted octanol–water partition coefficient (Wildman–Crippen LogP) is 2.34. The van der Waals surface area contributed by atoms with Crippen molar-refractivity contribution in [1.29, 1.82) is 0 Å². The standard InChI is InChI=1S/C21H24FN7O/c1-21(3-6-28(7-4-21)12-17-24-5-8-27(17)2)15-11-25-29-18-14(19(23)30)9-13(22)10-16(18)26-20(15)29/h5,8-11,25H,3-4,6-7,12H2,1-2H3,(H2,23,30). The van der Waals surface area contributed by atoms with E-state index in [9.17, 15) is 9.18 Å². The molecule has 0 aliphatic carbocycles. The Morgan fingerprint density at radius 2 is 2.10 bits per heavy atom. The summed E-state index contributed by atoms with van der Waals surface area (Å²) in [5.74, 6) is -0.137. The number of hydrogen-bond acceptors (Lipinski definition) is 4. The molecule has 8 nitrogen and oxygen atoms in total. The van der Waals surface area contributed by atoms with Crippen LogP contribution in [-0.2, 0) is 19.0 Å². The lowest BCUT2D eigenvalue weighted by Crippen LogP contribution is -2.40. The lowest BCUT2D eigenvalue weighted by Gasteiger charge is -2.38. The van der Waals surface area contributed by atoms with Crippen LogP contribution in [0.3, 0.4) is 0 Å². The molecule has 4 heterocycles. The van der Waals surface area contributed by atoms with Gasteiger partial charge in [-0.1, -0.05) is 6.92 Å². The zero-order valence-corrected chi connectivity index (χ0v) is 17.0. The number of aromatic amines is 1. The van der Waals surface area contributed by atoms with Crippen LogP contribution in [0.2, 0.25) is 0 Å². The van der Waals surface area contributed by atoms with E-state index >= 15 is 0 Å². The van der Waals surface area contributed by atoms with E-state index in [-0.39, 0.29) is 11.0 Å². The Balaban J connectivity index is 1.47. The molecule has 1 aromatic carbocycles. The van der Waals surface area contributed by atoms with Crippen molar-refractivity contribution in [2.45, 2.75) is 31.7 Å². The van der Waals surface area contributed by atoms with Gasteiger partial charge in [-0.05, 0) is 32.0 Å². The molecule has 0 spiro atoms. The Labute approximate surface area is 172 Å². The van der Waals surface area contributed by atoms with Crippen molar-refractivity contribution >= 4 is 22.6 Å². The number of aryl methyl sites for hydroxylation is 1. The van der Waals surface area contributed by atoms with Crippen LogP contribution in [0.5, 0.6) is 0 Å². The Hall–Kier alpha value is -3.20. The SMILES string of the molecule is Cn1ccnc1CN1CCC(C)(c2c[nH]n3c2nc2cc(F)cc(C(N)=O)c23)CC1. The van der Waals surface area contributed by atoms with Gasteiger partial charge < -0.3 is 10.3 Å². The first-order valence-corrected chi connectivity index (χ1v) is 10.0. The topological polar surface area (TPSA) is 97.2 Å². The second-order valence-electron chi connectivity index (χ2n) is 8.43. The minimum Gasteiger partial charge on any atom is -0.366 e. The molecule has 0 atom stereocenters. The normalized spacial score (nSPS) is 17.2. The van der Waals surface area contributed by atoms with Crippen molar-refractivity contribution in [2.75, 3.05) is 13.1 Å². The number of aromatic nitrogens is 5. The molecule has 30 heavy (non-hydrogen) atoms. The zero-order chi connectivity index (χ0) is 21.0. The summed E-state index contributed by atoms with van der Waals surface area (Å²) >= 11 is 0. The van der Waals surface area contributed by atoms with Crippen LogP contribution >= 0.6 is 0 Å². The number of primary amides is 1. The molecule has 9 heteroatoms. The van der Waals surface area contributed by atoms with Gasteiger partial charge in [-0.25, -0.2) is 18.9 Å². The van der Waals surface area contributed by atoms with Crippen LogP contribution in [0.25, 0.3) is 16.7 Å². The number of nitrogens with two attached hydrogens (primary N) is 1. The molecular formula is C21H24FN7O. The summed E-state index contributed by atoms with van der Waals surface area (Å²) in [6.07, 6.45) is 7.67. The molecule has 1 saturated heterocycles. The number of piperidine rings is 1. The highest BCUT2D eigenvalue weighted by Gasteiger charge is 2.35. The maximum Gasteiger partial charge on any atom is 0.251 e. The van der Waals surface area contributed by atoms with Gasteiger partial charge in [0.05, 0.1) is 17.6 Å². The molecule has 0 radical (unpaired) electrons. The van der Waals surface area contributed by atoms with E-state index in [1.54, 1.807) is 4.52 Å². The second-order valence-corrected chi connectivity index (χ2v) is 8.43. The van der Waals surface area contributed by atoms with E-state index in [0.29, 0.717) is 11.0 Å². The average molecular weight is 409 g/mol. The van der Waals surface area contributed by atoms with E-state index in [1.807, 2.05) is 25.6 Å². The molecule has 1 fully saturated rings. The van der Waals surface area contributed by atoms with Crippen molar-refractivity contribution < 1.29 is 9.18 Å². The summed E-state index contributed by atoms with van der Waals surface area (Å²) in [6, 6.07) is 2.50. The molecule has 0 saturated carbocycles. The number of nitrogens with one attached hydrogen (secondary N) is 1. The highest BCUT2D eigenvalue weighted by molar-refractivity contribution is 6.05. The smallest absolute Gasteiger partial charge is 0.251 e. The fraction of sp³-hybridized carbons (Fsp3) is 0.381. The number of carbonyl (C=O) groups is 1. The lowest BCUT2D eigenvalue weighted by molar-refractivity contribution is 0.100. The van der Waals surface area contributed by atoms with Crippen LogP contribution in [0, 0.1) is 5.82 Å². The van der Waals surface area contributed by atoms with Gasteiger partial charge in [0.25, 0.3) is 5.91 Å². The number of likely N-dealkylation sites (tertiary alicyclic amines) is 1. The van der Waals surface area contributed by atoms with Gasteiger partial charge >= 0.3 is 0 Å². The number of rotatable bonds is 4. The Morgan fingerprint density at radius 1 is 1.33 bits per heavy atom. The molecule has 4 aromatic rings. The van der Waals surface area contributed by atoms with Crippen molar-refractivity contribution in [3.8, 4) is 0 Å². The number of H-pyrrole nitrogens is 1. The summed E-state index contributed by atoms with van der Waals surface area (Å²) < 4.78 is 17.8. The van der Waals surface area contributed by atoms with Gasteiger partial charge in [0, 0.05) is 42.7 Å². The van der Waals surface area contributed by atoms with Gasteiger partial charge in [-0.3, -0.25) is 14.8 Å². The van der Waals surface area contributed by atoms with E-state index in [4.69, 9.17) is 5.73 Å². The fourth-order valence-electron chi connectivity index (χ4n) is 4.53. The van der Waals surface area contributed by atoms with Crippen LogP contribution in [-0.4, -0.2) is 48.0 Å². The van der Waals surface area contributed by atoms with Gasteiger partial charge in [0.1, 0.15) is 17.2 Å². The maximum atomic E-state index is 14.0. The minimum absolute atomic E-state index is 0.0772. The summed E-state index contributed by atoms with van der Waals surface area (Å²) in [4.78, 5) is 23.3. The predicted molar refractivity (Wildman–Crippen MR) is 111 cm³/mol. The molecule has 1 aliphatic heterocycles. The highest BCUT2D eigenvalue weighted by Crippen LogP contribution is 2.38. The number of hydrogen-bond donors (Lipinski definition) is 2. The van der Waals surface area contributed by atoms with Crippen LogP contribution in [0.15, 0.2) is 30.7 Å². The number of nitrogens with zero attached hydrogens (tertiary/aromatic N) is 5. The first kappa shape index (κ1) is 18.8. The zero-order valence-electron chi connectivity index (χ0n) is 17.0. The summed E-state index contributed by atoms with van der Waals surface area (Å²) in [5, 5.41) is 3.20. The number of imidazole rings is 2. The van der Waals surface area contributed by atoms with Crippen molar-refractivity contribution in [3.63, 3.8) is 0 Å². The molecule has 3 aromatic heterocycles. The van der Waals surface area contributed by atoms with E-state index in [1.165, 1.54) is 6.07 Å². The largest absolute Gasteiger partial charge is 0.366 e. The Kier molecular flexibility index (Phi) is 4.18. The second kappa shape index (κ2) is 6.66. The molecule has 3 N–H and O–H groups in total. The molecule has 1 aliphatic rings. The Morgan fingerprint density at radius 3 is 2.77 bits per heavy atom. The molecule has 156 valence electrons. The quantitative estimate of drug-likeness (QED) is 0.541. The van der Waals surface area contributed by atoms with Gasteiger partial charge in [-0.15, -0.1) is 0 Å². The Bertz CT molecular complexity index is 1260. The highest BCUT2D eigenvalue weighted by atomic mass is 19.1. The minimum atomic E-state index is -0.675. The van der Waals surface area contributed by atoms with Crippen molar-refractivity contribution in [1.82, 2.24) is 29.0 Å². The molecule has 5 rings (SSSR count). The van der Waals surface area contributed by atoms with Crippen molar-refractivity contribution in [3.05, 3.63) is 53.5 Å². The fourth-order valence-corrected chi connectivity index (χ4v) is 4.53. The van der Waals surface area contributed by atoms with E-state index < -0.39 is 11.7 Å². The summed E-state index contributed by atoms with van der Waals surface area (Å²) in [5.41, 5.74) is 8.27. The third-order valence-corrected chi connectivity index (χ3v) is 6.46. The monoisotopic (exact) mass is 409 g/mol. The summed E-state index contributed by atoms with van der Waals surface area (Å²) in [7, 11) is 2.01.